The molecule has 0 atom stereocenters. The summed E-state index contributed by atoms with van der Waals surface area (Å²) >= 11 is 0. The molecule has 3 heterocycles. The Morgan fingerprint density at radius 1 is 0.209 bits per heavy atom. The van der Waals surface area contributed by atoms with Gasteiger partial charge in [-0.3, -0.25) is 0 Å². The smallest absolute Gasteiger partial charge is 0.164 e. The molecule has 312 valence electrons. The lowest BCUT2D eigenvalue weighted by molar-refractivity contribution is 1.07. The summed E-state index contributed by atoms with van der Waals surface area (Å²) in [7, 11) is 0. The Labute approximate surface area is 388 Å². The SMILES string of the molecule is c1ccc(-c2ccc(-c3nc(-c4ccc(-c5ccccc5)cc4)nc(-c4cccc(-c5cc6c7cc(-c8ccccc8)ccc7n7c8ccc(-c9ccccc9)cc8c(c5)c67)c4)n3)cc2)cc1. The molecule has 10 aromatic carbocycles. The minimum Gasteiger partial charge on any atom is -0.308 e. The Kier molecular flexibility index (Phi) is 9.14. The molecule has 0 amide bonds. The monoisotopic (exact) mass is 852 g/mol. The number of nitrogens with zero attached hydrogens (tertiary/aromatic N) is 4. The predicted molar refractivity (Wildman–Crippen MR) is 278 cm³/mol. The summed E-state index contributed by atoms with van der Waals surface area (Å²) in [5, 5.41) is 4.92. The third kappa shape index (κ3) is 6.82. The molecule has 67 heavy (non-hydrogen) atoms. The summed E-state index contributed by atoms with van der Waals surface area (Å²) in [5.74, 6) is 1.87. The molecule has 0 saturated heterocycles. The van der Waals surface area contributed by atoms with Gasteiger partial charge in [-0.2, -0.15) is 0 Å². The van der Waals surface area contributed by atoms with Crippen LogP contribution in [0.5, 0.6) is 0 Å². The van der Waals surface area contributed by atoms with Gasteiger partial charge >= 0.3 is 0 Å². The fourth-order valence-electron chi connectivity index (χ4n) is 9.82. The number of rotatable bonds is 8. The maximum absolute atomic E-state index is 5.21. The fraction of sp³-hybridized carbons (Fsp3) is 0. The van der Waals surface area contributed by atoms with E-state index in [0.717, 1.165) is 38.9 Å². The largest absolute Gasteiger partial charge is 0.308 e. The van der Waals surface area contributed by atoms with Crippen molar-refractivity contribution in [2.75, 3.05) is 0 Å². The van der Waals surface area contributed by atoms with Crippen molar-refractivity contribution in [2.45, 2.75) is 0 Å². The summed E-state index contributed by atoms with van der Waals surface area (Å²) in [6.07, 6.45) is 0. The third-order valence-corrected chi connectivity index (χ3v) is 13.2. The zero-order chi connectivity index (χ0) is 44.3. The zero-order valence-electron chi connectivity index (χ0n) is 36.4. The van der Waals surface area contributed by atoms with E-state index in [4.69, 9.17) is 15.0 Å². The first-order valence-electron chi connectivity index (χ1n) is 22.8. The van der Waals surface area contributed by atoms with Crippen LogP contribution in [0, 0.1) is 0 Å². The number of hydrogen-bond acceptors (Lipinski definition) is 3. The highest BCUT2D eigenvalue weighted by Crippen LogP contribution is 2.44. The lowest BCUT2D eigenvalue weighted by Gasteiger charge is -2.11. The number of fused-ring (bicyclic) bond motifs is 6. The molecular formula is C63H40N4. The maximum Gasteiger partial charge on any atom is 0.164 e. The zero-order valence-corrected chi connectivity index (χ0v) is 36.4. The van der Waals surface area contributed by atoms with Crippen LogP contribution in [0.4, 0.5) is 0 Å². The van der Waals surface area contributed by atoms with E-state index < -0.39 is 0 Å². The van der Waals surface area contributed by atoms with Gasteiger partial charge in [0.25, 0.3) is 0 Å². The summed E-state index contributed by atoms with van der Waals surface area (Å²) in [6.45, 7) is 0. The van der Waals surface area contributed by atoms with Gasteiger partial charge in [0.2, 0.25) is 0 Å². The van der Waals surface area contributed by atoms with E-state index in [1.807, 2.05) is 12.1 Å². The number of hydrogen-bond donors (Lipinski definition) is 0. The molecule has 4 nitrogen and oxygen atoms in total. The second kappa shape index (κ2) is 15.9. The minimum absolute atomic E-state index is 0.619. The van der Waals surface area contributed by atoms with Crippen molar-refractivity contribution in [3.8, 4) is 89.8 Å². The maximum atomic E-state index is 5.21. The van der Waals surface area contributed by atoms with Crippen LogP contribution in [0.3, 0.4) is 0 Å². The van der Waals surface area contributed by atoms with Crippen LogP contribution >= 0.6 is 0 Å². The predicted octanol–water partition coefficient (Wildman–Crippen LogP) is 16.4. The average Bonchev–Trinajstić information content (AvgIpc) is 3.93. The van der Waals surface area contributed by atoms with E-state index in [1.54, 1.807) is 0 Å². The Hall–Kier alpha value is -8.99. The molecule has 0 aliphatic rings. The molecule has 0 aliphatic carbocycles. The summed E-state index contributed by atoms with van der Waals surface area (Å²) in [6, 6.07) is 86.5. The highest BCUT2D eigenvalue weighted by atomic mass is 15.0. The second-order valence-corrected chi connectivity index (χ2v) is 17.2. The molecule has 0 fully saturated rings. The highest BCUT2D eigenvalue weighted by Gasteiger charge is 2.21. The van der Waals surface area contributed by atoms with E-state index in [0.29, 0.717) is 17.5 Å². The van der Waals surface area contributed by atoms with E-state index >= 15 is 0 Å². The van der Waals surface area contributed by atoms with E-state index in [9.17, 15) is 0 Å². The van der Waals surface area contributed by atoms with Crippen LogP contribution in [0.2, 0.25) is 0 Å². The normalized spacial score (nSPS) is 11.6. The van der Waals surface area contributed by atoms with Crippen molar-refractivity contribution in [3.05, 3.63) is 243 Å². The van der Waals surface area contributed by atoms with E-state index in [-0.39, 0.29) is 0 Å². The van der Waals surface area contributed by atoms with Crippen molar-refractivity contribution in [2.24, 2.45) is 0 Å². The molecule has 0 saturated carbocycles. The van der Waals surface area contributed by atoms with Crippen LogP contribution < -0.4 is 0 Å². The third-order valence-electron chi connectivity index (χ3n) is 13.2. The second-order valence-electron chi connectivity index (χ2n) is 17.2. The topological polar surface area (TPSA) is 43.1 Å². The van der Waals surface area contributed by atoms with Crippen molar-refractivity contribution >= 4 is 38.1 Å². The van der Waals surface area contributed by atoms with Crippen molar-refractivity contribution < 1.29 is 0 Å². The fourth-order valence-corrected chi connectivity index (χ4v) is 9.82. The molecule has 4 heteroatoms. The van der Waals surface area contributed by atoms with Crippen LogP contribution in [0.25, 0.3) is 128 Å². The molecule has 13 rings (SSSR count). The standard InChI is InChI=1S/C63H40N4/c1-5-14-41(15-6-1)45-24-28-47(29-25-45)61-64-62(48-30-26-46(27-31-48)42-16-7-2-8-17-42)66-63(65-61)52-23-13-22-49(36-52)53-39-56-54-37-50(43-18-9-3-10-19-43)32-34-58(54)67-59-35-33-51(44-20-11-4-12-21-44)38-55(59)57(40-53)60(56)67/h1-40H. The van der Waals surface area contributed by atoms with Crippen molar-refractivity contribution in [3.63, 3.8) is 0 Å². The van der Waals surface area contributed by atoms with Crippen LogP contribution in [-0.4, -0.2) is 19.4 Å². The van der Waals surface area contributed by atoms with Gasteiger partial charge in [-0.1, -0.05) is 200 Å². The highest BCUT2D eigenvalue weighted by molar-refractivity contribution is 6.25. The molecule has 0 bridgehead atoms. The summed E-state index contributed by atoms with van der Waals surface area (Å²) in [5.41, 5.74) is 18.1. The van der Waals surface area contributed by atoms with Gasteiger partial charge in [0, 0.05) is 38.2 Å². The van der Waals surface area contributed by atoms with Gasteiger partial charge < -0.3 is 4.40 Å². The van der Waals surface area contributed by atoms with Crippen LogP contribution in [-0.2, 0) is 0 Å². The Morgan fingerprint density at radius 3 is 0.940 bits per heavy atom. The molecule has 0 radical (unpaired) electrons. The Bertz CT molecular complexity index is 3690. The molecule has 3 aromatic heterocycles. The van der Waals surface area contributed by atoms with Crippen molar-refractivity contribution in [1.29, 1.82) is 0 Å². The van der Waals surface area contributed by atoms with Crippen LogP contribution in [0.15, 0.2) is 243 Å². The van der Waals surface area contributed by atoms with Gasteiger partial charge in [-0.15, -0.1) is 0 Å². The first-order chi connectivity index (χ1) is 33.2. The van der Waals surface area contributed by atoms with E-state index in [1.165, 1.54) is 71.5 Å². The van der Waals surface area contributed by atoms with Gasteiger partial charge in [-0.25, -0.2) is 15.0 Å². The first kappa shape index (κ1) is 38.5. The summed E-state index contributed by atoms with van der Waals surface area (Å²) in [4.78, 5) is 15.5. The molecular weight excluding hydrogens is 813 g/mol. The minimum atomic E-state index is 0.619. The number of benzene rings is 10. The van der Waals surface area contributed by atoms with Crippen LogP contribution in [0.1, 0.15) is 0 Å². The van der Waals surface area contributed by atoms with E-state index in [2.05, 4.69) is 235 Å². The number of aromatic nitrogens is 4. The first-order valence-corrected chi connectivity index (χ1v) is 22.8. The van der Waals surface area contributed by atoms with Crippen molar-refractivity contribution in [1.82, 2.24) is 19.4 Å². The molecule has 0 unspecified atom stereocenters. The Balaban J connectivity index is 0.975. The average molecular weight is 853 g/mol. The molecule has 0 spiro atoms. The van der Waals surface area contributed by atoms with Gasteiger partial charge in [0.1, 0.15) is 0 Å². The quantitative estimate of drug-likeness (QED) is 0.153. The molecule has 0 aliphatic heterocycles. The van der Waals surface area contributed by atoms with Gasteiger partial charge in [-0.05, 0) is 98.1 Å². The lowest BCUT2D eigenvalue weighted by Crippen LogP contribution is -2.00. The molecule has 0 N–H and O–H groups in total. The van der Waals surface area contributed by atoms with Gasteiger partial charge in [0.15, 0.2) is 17.5 Å². The molecule has 13 aromatic rings. The Morgan fingerprint density at radius 2 is 0.507 bits per heavy atom. The lowest BCUT2D eigenvalue weighted by atomic mass is 9.96. The van der Waals surface area contributed by atoms with Gasteiger partial charge in [0.05, 0.1) is 16.6 Å². The summed E-state index contributed by atoms with van der Waals surface area (Å²) < 4.78 is 2.46.